The van der Waals surface area contributed by atoms with E-state index >= 15 is 0 Å². The second kappa shape index (κ2) is 4.65. The molecule has 1 N–H and O–H groups in total. The summed E-state index contributed by atoms with van der Waals surface area (Å²) >= 11 is 0. The SMILES string of the molecule is Cc1cccc(CNC(=O)N(C)C)c1. The van der Waals surface area contributed by atoms with Gasteiger partial charge in [0.1, 0.15) is 0 Å². The van der Waals surface area contributed by atoms with Gasteiger partial charge in [0.05, 0.1) is 0 Å². The molecule has 0 aliphatic carbocycles. The molecule has 3 nitrogen and oxygen atoms in total. The highest BCUT2D eigenvalue weighted by Gasteiger charge is 2.01. The number of rotatable bonds is 2. The van der Waals surface area contributed by atoms with Crippen molar-refractivity contribution in [3.63, 3.8) is 0 Å². The number of urea groups is 1. The molecule has 0 heterocycles. The van der Waals surface area contributed by atoms with Gasteiger partial charge in [-0.1, -0.05) is 29.8 Å². The quantitative estimate of drug-likeness (QED) is 0.761. The zero-order chi connectivity index (χ0) is 10.6. The number of hydrogen-bond donors (Lipinski definition) is 1. The molecule has 1 aromatic carbocycles. The summed E-state index contributed by atoms with van der Waals surface area (Å²) < 4.78 is 0. The largest absolute Gasteiger partial charge is 0.334 e. The maximum Gasteiger partial charge on any atom is 0.317 e. The van der Waals surface area contributed by atoms with E-state index in [0.717, 1.165) is 5.56 Å². The highest BCUT2D eigenvalue weighted by atomic mass is 16.2. The molecule has 0 atom stereocenters. The zero-order valence-electron chi connectivity index (χ0n) is 8.87. The molecular formula is C11H16N2O. The van der Waals surface area contributed by atoms with Crippen LogP contribution in [0.5, 0.6) is 0 Å². The van der Waals surface area contributed by atoms with Crippen LogP contribution >= 0.6 is 0 Å². The first-order valence-electron chi connectivity index (χ1n) is 4.60. The summed E-state index contributed by atoms with van der Waals surface area (Å²) in [6.07, 6.45) is 0. The van der Waals surface area contributed by atoms with Crippen molar-refractivity contribution >= 4 is 6.03 Å². The summed E-state index contributed by atoms with van der Waals surface area (Å²) in [5, 5.41) is 2.81. The van der Waals surface area contributed by atoms with Gasteiger partial charge in [0.25, 0.3) is 0 Å². The van der Waals surface area contributed by atoms with Crippen molar-refractivity contribution in [3.05, 3.63) is 35.4 Å². The lowest BCUT2D eigenvalue weighted by molar-refractivity contribution is 0.217. The maximum absolute atomic E-state index is 11.2. The Bertz CT molecular complexity index is 321. The van der Waals surface area contributed by atoms with Crippen LogP contribution < -0.4 is 5.32 Å². The average molecular weight is 192 g/mol. The fourth-order valence-electron chi connectivity index (χ4n) is 1.16. The van der Waals surface area contributed by atoms with E-state index in [4.69, 9.17) is 0 Å². The second-order valence-electron chi connectivity index (χ2n) is 3.54. The topological polar surface area (TPSA) is 32.3 Å². The summed E-state index contributed by atoms with van der Waals surface area (Å²) in [7, 11) is 3.46. The lowest BCUT2D eigenvalue weighted by Crippen LogP contribution is -2.33. The van der Waals surface area contributed by atoms with Gasteiger partial charge in [-0.2, -0.15) is 0 Å². The minimum Gasteiger partial charge on any atom is -0.334 e. The van der Waals surface area contributed by atoms with Crippen LogP contribution in [0.2, 0.25) is 0 Å². The summed E-state index contributed by atoms with van der Waals surface area (Å²) in [6.45, 7) is 2.62. The van der Waals surface area contributed by atoms with Crippen molar-refractivity contribution in [2.45, 2.75) is 13.5 Å². The Hall–Kier alpha value is -1.51. The Labute approximate surface area is 84.7 Å². The van der Waals surface area contributed by atoms with E-state index in [2.05, 4.69) is 11.4 Å². The molecule has 0 unspecified atom stereocenters. The van der Waals surface area contributed by atoms with Gasteiger partial charge in [0, 0.05) is 20.6 Å². The number of hydrogen-bond acceptors (Lipinski definition) is 1. The molecule has 1 aromatic rings. The molecule has 0 aliphatic heterocycles. The van der Waals surface area contributed by atoms with Crippen molar-refractivity contribution in [1.29, 1.82) is 0 Å². The van der Waals surface area contributed by atoms with Crippen LogP contribution in [0.15, 0.2) is 24.3 Å². The Balaban J connectivity index is 2.50. The van der Waals surface area contributed by atoms with Gasteiger partial charge in [-0.3, -0.25) is 0 Å². The Morgan fingerprint density at radius 1 is 1.43 bits per heavy atom. The van der Waals surface area contributed by atoms with Crippen molar-refractivity contribution in [1.82, 2.24) is 10.2 Å². The van der Waals surface area contributed by atoms with E-state index in [1.807, 2.05) is 25.1 Å². The van der Waals surface area contributed by atoms with Gasteiger partial charge in [-0.25, -0.2) is 4.79 Å². The highest BCUT2D eigenvalue weighted by molar-refractivity contribution is 5.73. The van der Waals surface area contributed by atoms with E-state index in [-0.39, 0.29) is 6.03 Å². The van der Waals surface area contributed by atoms with E-state index in [9.17, 15) is 4.79 Å². The van der Waals surface area contributed by atoms with Crippen LogP contribution in [-0.2, 0) is 6.54 Å². The molecule has 0 bridgehead atoms. The number of benzene rings is 1. The molecule has 0 aliphatic rings. The number of nitrogens with zero attached hydrogens (tertiary/aromatic N) is 1. The van der Waals surface area contributed by atoms with Crippen LogP contribution in [0, 0.1) is 6.92 Å². The van der Waals surface area contributed by atoms with E-state index < -0.39 is 0 Å². The third-order valence-corrected chi connectivity index (χ3v) is 1.93. The minimum atomic E-state index is -0.0634. The van der Waals surface area contributed by atoms with Crippen LogP contribution in [-0.4, -0.2) is 25.0 Å². The van der Waals surface area contributed by atoms with Gasteiger partial charge in [0.2, 0.25) is 0 Å². The predicted octanol–water partition coefficient (Wildman–Crippen LogP) is 1.77. The van der Waals surface area contributed by atoms with Gasteiger partial charge < -0.3 is 10.2 Å². The molecule has 0 radical (unpaired) electrons. The number of nitrogens with one attached hydrogen (secondary N) is 1. The van der Waals surface area contributed by atoms with E-state index in [1.165, 1.54) is 10.5 Å². The monoisotopic (exact) mass is 192 g/mol. The van der Waals surface area contributed by atoms with Gasteiger partial charge in [0.15, 0.2) is 0 Å². The second-order valence-corrected chi connectivity index (χ2v) is 3.54. The van der Waals surface area contributed by atoms with Crippen LogP contribution in [0.4, 0.5) is 4.79 Å². The molecule has 14 heavy (non-hydrogen) atoms. The van der Waals surface area contributed by atoms with Crippen molar-refractivity contribution in [2.24, 2.45) is 0 Å². The molecule has 0 spiro atoms. The molecule has 76 valence electrons. The molecule has 0 saturated carbocycles. The van der Waals surface area contributed by atoms with E-state index in [1.54, 1.807) is 14.1 Å². The maximum atomic E-state index is 11.2. The molecule has 0 fully saturated rings. The molecule has 0 saturated heterocycles. The third-order valence-electron chi connectivity index (χ3n) is 1.93. The van der Waals surface area contributed by atoms with Crippen molar-refractivity contribution in [3.8, 4) is 0 Å². The predicted molar refractivity (Wildman–Crippen MR) is 57.1 cm³/mol. The smallest absolute Gasteiger partial charge is 0.317 e. The highest BCUT2D eigenvalue weighted by Crippen LogP contribution is 2.03. The molecular weight excluding hydrogens is 176 g/mol. The van der Waals surface area contributed by atoms with Crippen molar-refractivity contribution < 1.29 is 4.79 Å². The molecule has 3 heteroatoms. The van der Waals surface area contributed by atoms with Gasteiger partial charge in [-0.05, 0) is 12.5 Å². The number of aryl methyl sites for hydroxylation is 1. The molecule has 0 aromatic heterocycles. The first-order chi connectivity index (χ1) is 6.59. The van der Waals surface area contributed by atoms with Crippen LogP contribution in [0.3, 0.4) is 0 Å². The Kier molecular flexibility index (Phi) is 3.51. The Morgan fingerprint density at radius 2 is 2.14 bits per heavy atom. The van der Waals surface area contributed by atoms with Crippen LogP contribution in [0.1, 0.15) is 11.1 Å². The normalized spacial score (nSPS) is 9.64. The average Bonchev–Trinajstić information content (AvgIpc) is 2.14. The van der Waals surface area contributed by atoms with E-state index in [0.29, 0.717) is 6.54 Å². The zero-order valence-corrected chi connectivity index (χ0v) is 8.87. The van der Waals surface area contributed by atoms with Crippen LogP contribution in [0.25, 0.3) is 0 Å². The summed E-state index contributed by atoms with van der Waals surface area (Å²) in [6, 6.07) is 8.04. The summed E-state index contributed by atoms with van der Waals surface area (Å²) in [4.78, 5) is 12.7. The number of carbonyl (C=O) groups excluding carboxylic acids is 1. The van der Waals surface area contributed by atoms with Gasteiger partial charge >= 0.3 is 6.03 Å². The first kappa shape index (κ1) is 10.6. The lowest BCUT2D eigenvalue weighted by atomic mass is 10.1. The van der Waals surface area contributed by atoms with Gasteiger partial charge in [-0.15, -0.1) is 0 Å². The number of carbonyl (C=O) groups is 1. The fraction of sp³-hybridized carbons (Fsp3) is 0.364. The fourth-order valence-corrected chi connectivity index (χ4v) is 1.16. The first-order valence-corrected chi connectivity index (χ1v) is 4.60. The third kappa shape index (κ3) is 3.09. The molecule has 1 rings (SSSR count). The Morgan fingerprint density at radius 3 is 2.71 bits per heavy atom. The summed E-state index contributed by atoms with van der Waals surface area (Å²) in [5.41, 5.74) is 2.34. The number of amides is 2. The lowest BCUT2D eigenvalue weighted by Gasteiger charge is -2.11. The summed E-state index contributed by atoms with van der Waals surface area (Å²) in [5.74, 6) is 0. The van der Waals surface area contributed by atoms with Crippen molar-refractivity contribution in [2.75, 3.05) is 14.1 Å². The standard InChI is InChI=1S/C11H16N2O/c1-9-5-4-6-10(7-9)8-12-11(14)13(2)3/h4-7H,8H2,1-3H3,(H,12,14). The molecule has 2 amide bonds. The minimum absolute atomic E-state index is 0.0634.